The van der Waals surface area contributed by atoms with Crippen molar-refractivity contribution in [3.63, 3.8) is 0 Å². The molecule has 5 heteroatoms. The van der Waals surface area contributed by atoms with Crippen LogP contribution in [0.5, 0.6) is 0 Å². The average molecular weight is 257 g/mol. The molecule has 0 aromatic heterocycles. The van der Waals surface area contributed by atoms with Gasteiger partial charge >= 0.3 is 0 Å². The van der Waals surface area contributed by atoms with E-state index in [9.17, 15) is 13.4 Å². The van der Waals surface area contributed by atoms with Crippen LogP contribution in [0.3, 0.4) is 0 Å². The topological polar surface area (TPSA) is 37.4 Å². The first-order valence-electron chi connectivity index (χ1n) is 5.35. The smallest absolute Gasteiger partial charge is 0.144 e. The molecule has 1 atom stereocenters. The molecular formula is C12H16FNO2S. The van der Waals surface area contributed by atoms with E-state index in [-0.39, 0.29) is 18.4 Å². The lowest BCUT2D eigenvalue weighted by Gasteiger charge is -2.23. The maximum atomic E-state index is 13.0. The van der Waals surface area contributed by atoms with Gasteiger partial charge in [-0.1, -0.05) is 6.07 Å². The van der Waals surface area contributed by atoms with Gasteiger partial charge in [-0.25, -0.2) is 12.9 Å². The van der Waals surface area contributed by atoms with E-state index < -0.39 is 16.8 Å². The number of halogens is 1. The molecule has 0 fully saturated rings. The second-order valence-electron chi connectivity index (χ2n) is 4.08. The first-order chi connectivity index (χ1) is 7.91. The van der Waals surface area contributed by atoms with Crippen LogP contribution in [0.15, 0.2) is 29.2 Å². The lowest BCUT2D eigenvalue weighted by Crippen LogP contribution is -2.36. The minimum Gasteiger partial charge on any atom is -0.299 e. The molecule has 0 saturated carbocycles. The van der Waals surface area contributed by atoms with Crippen molar-refractivity contribution in [1.82, 2.24) is 4.31 Å². The highest BCUT2D eigenvalue weighted by molar-refractivity contribution is 7.82. The van der Waals surface area contributed by atoms with E-state index in [0.717, 1.165) is 0 Å². The second-order valence-corrected chi connectivity index (χ2v) is 5.52. The summed E-state index contributed by atoms with van der Waals surface area (Å²) in [6.45, 7) is 5.24. The van der Waals surface area contributed by atoms with Crippen molar-refractivity contribution in [1.29, 1.82) is 0 Å². The molecule has 0 aliphatic carbocycles. The van der Waals surface area contributed by atoms with Gasteiger partial charge < -0.3 is 0 Å². The van der Waals surface area contributed by atoms with Crippen molar-refractivity contribution >= 4 is 16.8 Å². The average Bonchev–Trinajstić information content (AvgIpc) is 2.24. The zero-order chi connectivity index (χ0) is 13.0. The predicted octanol–water partition coefficient (Wildman–Crippen LogP) is 2.15. The Morgan fingerprint density at radius 3 is 2.59 bits per heavy atom. The monoisotopic (exact) mass is 257 g/mol. The zero-order valence-corrected chi connectivity index (χ0v) is 11.0. The van der Waals surface area contributed by atoms with E-state index >= 15 is 0 Å². The van der Waals surface area contributed by atoms with Crippen LogP contribution in [0.4, 0.5) is 4.39 Å². The number of carbonyl (C=O) groups is 1. The van der Waals surface area contributed by atoms with Gasteiger partial charge in [0.05, 0.1) is 11.4 Å². The SMILES string of the molecule is CC(=O)CN(C(C)C)S(=O)c1cccc(F)c1. The van der Waals surface area contributed by atoms with Crippen LogP contribution >= 0.6 is 0 Å². The number of carbonyl (C=O) groups excluding carboxylic acids is 1. The Morgan fingerprint density at radius 2 is 2.12 bits per heavy atom. The highest BCUT2D eigenvalue weighted by Gasteiger charge is 2.20. The molecule has 0 N–H and O–H groups in total. The Bertz CT molecular complexity index is 434. The molecule has 1 rings (SSSR count). The lowest BCUT2D eigenvalue weighted by atomic mass is 10.3. The third kappa shape index (κ3) is 4.02. The fourth-order valence-electron chi connectivity index (χ4n) is 1.36. The van der Waals surface area contributed by atoms with E-state index in [0.29, 0.717) is 4.90 Å². The van der Waals surface area contributed by atoms with Gasteiger partial charge in [-0.2, -0.15) is 0 Å². The van der Waals surface area contributed by atoms with E-state index in [1.54, 1.807) is 6.07 Å². The number of nitrogens with zero attached hydrogens (tertiary/aromatic N) is 1. The Morgan fingerprint density at radius 1 is 1.47 bits per heavy atom. The molecule has 0 saturated heterocycles. The van der Waals surface area contributed by atoms with Gasteiger partial charge in [-0.05, 0) is 39.0 Å². The lowest BCUT2D eigenvalue weighted by molar-refractivity contribution is -0.117. The normalized spacial score (nSPS) is 13.1. The van der Waals surface area contributed by atoms with Crippen LogP contribution in [0, 0.1) is 5.82 Å². The molecule has 1 aromatic carbocycles. The van der Waals surface area contributed by atoms with E-state index in [4.69, 9.17) is 0 Å². The Hall–Kier alpha value is -1.07. The summed E-state index contributed by atoms with van der Waals surface area (Å²) in [5.74, 6) is -0.495. The van der Waals surface area contributed by atoms with E-state index in [1.165, 1.54) is 29.4 Å². The molecule has 0 bridgehead atoms. The number of Topliss-reactive ketones (excluding diaryl/α,β-unsaturated/α-hetero) is 1. The Kier molecular flexibility index (Phi) is 4.96. The van der Waals surface area contributed by atoms with Gasteiger partial charge in [0.1, 0.15) is 22.6 Å². The summed E-state index contributed by atoms with van der Waals surface area (Å²) in [4.78, 5) is 11.5. The summed E-state index contributed by atoms with van der Waals surface area (Å²) in [5.41, 5.74) is 0. The molecule has 0 spiro atoms. The molecule has 0 amide bonds. The number of hydrogen-bond acceptors (Lipinski definition) is 2. The fourth-order valence-corrected chi connectivity index (χ4v) is 2.72. The summed E-state index contributed by atoms with van der Waals surface area (Å²) in [7, 11) is -1.51. The largest absolute Gasteiger partial charge is 0.299 e. The van der Waals surface area contributed by atoms with Crippen molar-refractivity contribution in [3.8, 4) is 0 Å². The van der Waals surface area contributed by atoms with Crippen molar-refractivity contribution < 1.29 is 13.4 Å². The molecule has 0 heterocycles. The molecule has 1 unspecified atom stereocenters. The van der Waals surface area contributed by atoms with Crippen LogP contribution in [0.25, 0.3) is 0 Å². The molecule has 94 valence electrons. The highest BCUT2D eigenvalue weighted by Crippen LogP contribution is 2.14. The van der Waals surface area contributed by atoms with Crippen LogP contribution in [-0.2, 0) is 15.8 Å². The molecule has 3 nitrogen and oxygen atoms in total. The number of benzene rings is 1. The second kappa shape index (κ2) is 6.02. The summed E-state index contributed by atoms with van der Waals surface area (Å²) < 4.78 is 26.8. The standard InChI is InChI=1S/C12H16FNO2S/c1-9(2)14(8-10(3)15)17(16)12-6-4-5-11(13)7-12/h4-7,9H,8H2,1-3H3. The maximum Gasteiger partial charge on any atom is 0.144 e. The van der Waals surface area contributed by atoms with Crippen LogP contribution in [0.1, 0.15) is 20.8 Å². The minimum absolute atomic E-state index is 0.0528. The summed E-state index contributed by atoms with van der Waals surface area (Å²) in [5, 5.41) is 0. The van der Waals surface area contributed by atoms with Gasteiger partial charge in [0, 0.05) is 6.04 Å². The summed E-state index contributed by atoms with van der Waals surface area (Å²) >= 11 is 0. The van der Waals surface area contributed by atoms with Gasteiger partial charge in [-0.15, -0.1) is 0 Å². The Labute approximate surface area is 103 Å². The van der Waals surface area contributed by atoms with Gasteiger partial charge in [0.25, 0.3) is 0 Å². The van der Waals surface area contributed by atoms with Crippen molar-refractivity contribution in [3.05, 3.63) is 30.1 Å². The minimum atomic E-state index is -1.51. The van der Waals surface area contributed by atoms with Crippen LogP contribution < -0.4 is 0 Å². The molecule has 1 aromatic rings. The maximum absolute atomic E-state index is 13.0. The van der Waals surface area contributed by atoms with E-state index in [1.807, 2.05) is 13.8 Å². The quantitative estimate of drug-likeness (QED) is 0.810. The van der Waals surface area contributed by atoms with Gasteiger partial charge in [-0.3, -0.25) is 4.79 Å². The van der Waals surface area contributed by atoms with Crippen molar-refractivity contribution in [2.45, 2.75) is 31.7 Å². The fraction of sp³-hybridized carbons (Fsp3) is 0.417. The Balaban J connectivity index is 2.95. The van der Waals surface area contributed by atoms with Gasteiger partial charge in [0.2, 0.25) is 0 Å². The third-order valence-corrected chi connectivity index (χ3v) is 3.80. The van der Waals surface area contributed by atoms with Crippen molar-refractivity contribution in [2.75, 3.05) is 6.54 Å². The summed E-state index contributed by atoms with van der Waals surface area (Å²) in [6, 6.07) is 5.57. The number of rotatable bonds is 5. The molecule has 0 radical (unpaired) electrons. The van der Waals surface area contributed by atoms with Gasteiger partial charge in [0.15, 0.2) is 0 Å². The number of hydrogen-bond donors (Lipinski definition) is 0. The van der Waals surface area contributed by atoms with Crippen molar-refractivity contribution in [2.24, 2.45) is 0 Å². The highest BCUT2D eigenvalue weighted by atomic mass is 32.2. The van der Waals surface area contributed by atoms with Crippen LogP contribution in [-0.4, -0.2) is 26.9 Å². The predicted molar refractivity (Wildman–Crippen MR) is 65.3 cm³/mol. The zero-order valence-electron chi connectivity index (χ0n) is 10.1. The molecule has 0 aliphatic heterocycles. The first-order valence-corrected chi connectivity index (χ1v) is 6.46. The molecular weight excluding hydrogens is 241 g/mol. The summed E-state index contributed by atoms with van der Waals surface area (Å²) in [6.07, 6.45) is 0. The van der Waals surface area contributed by atoms with Crippen LogP contribution in [0.2, 0.25) is 0 Å². The number of ketones is 1. The first kappa shape index (κ1) is 14.0. The third-order valence-electron chi connectivity index (χ3n) is 2.17. The molecule has 17 heavy (non-hydrogen) atoms. The van der Waals surface area contributed by atoms with E-state index in [2.05, 4.69) is 0 Å². The molecule has 0 aliphatic rings.